The predicted molar refractivity (Wildman–Crippen MR) is 123 cm³/mol. The van der Waals surface area contributed by atoms with E-state index in [-0.39, 0.29) is 31.8 Å². The summed E-state index contributed by atoms with van der Waals surface area (Å²) in [6.45, 7) is 6.81. The van der Waals surface area contributed by atoms with E-state index in [4.69, 9.17) is 5.73 Å². The van der Waals surface area contributed by atoms with Gasteiger partial charge in [-0.25, -0.2) is 0 Å². The Labute approximate surface area is 171 Å². The Hall–Kier alpha value is -1.19. The van der Waals surface area contributed by atoms with Gasteiger partial charge in [0.15, 0.2) is 0 Å². The summed E-state index contributed by atoms with van der Waals surface area (Å²) in [7, 11) is -0.975. The maximum atomic E-state index is 8.23. The first-order chi connectivity index (χ1) is 11.6. The van der Waals surface area contributed by atoms with Gasteiger partial charge in [-0.15, -0.1) is 0 Å². The number of rotatable bonds is 3. The van der Waals surface area contributed by atoms with Crippen molar-refractivity contribution in [3.8, 4) is 0 Å². The summed E-state index contributed by atoms with van der Waals surface area (Å²) in [6.07, 6.45) is 0. The van der Waals surface area contributed by atoms with E-state index >= 15 is 0 Å². The van der Waals surface area contributed by atoms with Crippen molar-refractivity contribution in [3.63, 3.8) is 0 Å². The van der Waals surface area contributed by atoms with E-state index in [9.17, 15) is 0 Å². The first-order valence-electron chi connectivity index (χ1n) is 8.15. The molecule has 0 saturated heterocycles. The normalized spacial score (nSPS) is 9.58. The van der Waals surface area contributed by atoms with Crippen LogP contribution in [0.25, 0.3) is 5.73 Å². The SMILES string of the molecule is C[PH+](C)C.[CH3-].[NH-]c1ccccc1[PH+](c1ccccc1)c1ccccc1.[Ni+2]. The number of hydrogen-bond acceptors (Lipinski definition) is 0. The molecule has 0 aromatic heterocycles. The molecule has 140 valence electrons. The second-order valence-corrected chi connectivity index (χ2v) is 11.6. The summed E-state index contributed by atoms with van der Waals surface area (Å²) in [5.41, 5.74) is 8.86. The van der Waals surface area contributed by atoms with Crippen LogP contribution in [0.15, 0.2) is 84.9 Å². The van der Waals surface area contributed by atoms with Crippen LogP contribution in [0.5, 0.6) is 0 Å². The van der Waals surface area contributed by atoms with Crippen LogP contribution in [0.1, 0.15) is 0 Å². The fourth-order valence-corrected chi connectivity index (χ4v) is 5.01. The molecule has 26 heavy (non-hydrogen) atoms. The predicted octanol–water partition coefficient (Wildman–Crippen LogP) is 5.40. The fraction of sp³-hybridized carbons (Fsp3) is 0.136. The van der Waals surface area contributed by atoms with E-state index in [0.29, 0.717) is 5.69 Å². The molecule has 3 aromatic rings. The van der Waals surface area contributed by atoms with Crippen molar-refractivity contribution >= 4 is 37.4 Å². The second kappa shape index (κ2) is 13.1. The van der Waals surface area contributed by atoms with Crippen LogP contribution in [0.3, 0.4) is 0 Å². The maximum absolute atomic E-state index is 8.23. The van der Waals surface area contributed by atoms with Crippen molar-refractivity contribution in [1.29, 1.82) is 0 Å². The molecular formula is C22H29NNiP2+2. The number of benzene rings is 3. The molecule has 4 heteroatoms. The molecule has 3 aromatic carbocycles. The minimum absolute atomic E-state index is 0. The Morgan fingerprint density at radius 1 is 0.615 bits per heavy atom. The fourth-order valence-electron chi connectivity index (χ4n) is 2.39. The Morgan fingerprint density at radius 3 is 1.35 bits per heavy atom. The third-order valence-electron chi connectivity index (χ3n) is 3.32. The molecule has 1 nitrogen and oxygen atoms in total. The summed E-state index contributed by atoms with van der Waals surface area (Å²) in [4.78, 5) is 0. The van der Waals surface area contributed by atoms with E-state index in [1.54, 1.807) is 0 Å². The quantitative estimate of drug-likeness (QED) is 0.303. The van der Waals surface area contributed by atoms with Crippen molar-refractivity contribution in [3.05, 3.63) is 98.1 Å². The topological polar surface area (TPSA) is 23.8 Å². The number of nitrogens with one attached hydrogen (secondary N) is 1. The van der Waals surface area contributed by atoms with Gasteiger partial charge >= 0.3 is 16.5 Å². The minimum atomic E-state index is -1.09. The molecule has 0 aliphatic carbocycles. The van der Waals surface area contributed by atoms with Gasteiger partial charge in [0.25, 0.3) is 0 Å². The summed E-state index contributed by atoms with van der Waals surface area (Å²) >= 11 is 0. The van der Waals surface area contributed by atoms with Crippen molar-refractivity contribution in [2.24, 2.45) is 0 Å². The van der Waals surface area contributed by atoms with Gasteiger partial charge in [0, 0.05) is 20.0 Å². The van der Waals surface area contributed by atoms with Gasteiger partial charge < -0.3 is 13.2 Å². The standard InChI is InChI=1S/C18H15NP.C3H9P.CH3.Ni/c19-17-13-7-8-14-18(17)20(15-9-3-1-4-10-15)16-11-5-2-6-12-16;1-4(2)3;;/h1-14,19H;1-3H3;1H3;/q-1;;-1;+2/p+2. The Morgan fingerprint density at radius 2 is 0.962 bits per heavy atom. The van der Waals surface area contributed by atoms with Gasteiger partial charge in [-0.1, -0.05) is 60.3 Å². The van der Waals surface area contributed by atoms with Gasteiger partial charge in [-0.2, -0.15) is 0 Å². The van der Waals surface area contributed by atoms with Crippen molar-refractivity contribution in [2.75, 3.05) is 20.0 Å². The molecule has 0 saturated carbocycles. The average molecular weight is 428 g/mol. The van der Waals surface area contributed by atoms with Crippen LogP contribution in [0.4, 0.5) is 5.69 Å². The summed E-state index contributed by atoms with van der Waals surface area (Å²) in [6, 6.07) is 29.0. The van der Waals surface area contributed by atoms with Crippen LogP contribution in [-0.4, -0.2) is 20.0 Å². The molecule has 0 unspecified atom stereocenters. The zero-order valence-corrected chi connectivity index (χ0v) is 18.9. The Balaban J connectivity index is 0.000000951. The van der Waals surface area contributed by atoms with Gasteiger partial charge in [0.2, 0.25) is 0 Å². The van der Waals surface area contributed by atoms with E-state index in [0.717, 1.165) is 5.30 Å². The van der Waals surface area contributed by atoms with Crippen molar-refractivity contribution in [2.45, 2.75) is 0 Å². The molecule has 1 N–H and O–H groups in total. The van der Waals surface area contributed by atoms with Gasteiger partial charge in [-0.3, -0.25) is 0 Å². The number of hydrogen-bond donors (Lipinski definition) is 0. The molecular weight excluding hydrogens is 399 g/mol. The molecule has 0 aliphatic rings. The van der Waals surface area contributed by atoms with Crippen LogP contribution in [0.2, 0.25) is 0 Å². The second-order valence-electron chi connectivity index (χ2n) is 6.15. The largest absolute Gasteiger partial charge is 2.00 e. The zero-order chi connectivity index (χ0) is 17.4. The van der Waals surface area contributed by atoms with Crippen LogP contribution >= 0.6 is 15.8 Å². The Bertz CT molecular complexity index is 691. The van der Waals surface area contributed by atoms with Crippen LogP contribution in [-0.2, 0) is 16.5 Å². The van der Waals surface area contributed by atoms with Gasteiger partial charge in [0.05, 0.1) is 13.2 Å². The molecule has 0 radical (unpaired) electrons. The first kappa shape index (κ1) is 24.8. The molecule has 0 amide bonds. The van der Waals surface area contributed by atoms with Gasteiger partial charge in [-0.05, 0) is 38.3 Å². The molecule has 3 rings (SSSR count). The first-order valence-corrected chi connectivity index (χ1v) is 12.6. The summed E-state index contributed by atoms with van der Waals surface area (Å²) in [5, 5.41) is 3.79. The van der Waals surface area contributed by atoms with Crippen molar-refractivity contribution < 1.29 is 16.5 Å². The van der Waals surface area contributed by atoms with E-state index in [2.05, 4.69) is 74.6 Å². The van der Waals surface area contributed by atoms with E-state index < -0.39 is 7.92 Å². The molecule has 0 aliphatic heterocycles. The van der Waals surface area contributed by atoms with Gasteiger partial charge in [0.1, 0.15) is 10.6 Å². The van der Waals surface area contributed by atoms with Crippen LogP contribution < -0.4 is 15.9 Å². The van der Waals surface area contributed by atoms with E-state index in [1.807, 2.05) is 30.3 Å². The minimum Gasteiger partial charge on any atom is -0.696 e. The molecule has 0 bridgehead atoms. The average Bonchev–Trinajstić information content (AvgIpc) is 2.58. The van der Waals surface area contributed by atoms with E-state index in [1.165, 1.54) is 10.6 Å². The summed E-state index contributed by atoms with van der Waals surface area (Å²) < 4.78 is 0. The third kappa shape index (κ3) is 7.59. The zero-order valence-electron chi connectivity index (χ0n) is 15.9. The van der Waals surface area contributed by atoms with Crippen LogP contribution in [0, 0.1) is 7.43 Å². The smallest absolute Gasteiger partial charge is 0.696 e. The molecule has 0 heterocycles. The maximum Gasteiger partial charge on any atom is 2.00 e. The van der Waals surface area contributed by atoms with Crippen molar-refractivity contribution in [1.82, 2.24) is 0 Å². The molecule has 0 spiro atoms. The monoisotopic (exact) mass is 427 g/mol. The summed E-state index contributed by atoms with van der Waals surface area (Å²) in [5.74, 6) is 0. The Kier molecular flexibility index (Phi) is 12.5. The molecule has 0 fully saturated rings. The molecule has 0 atom stereocenters. The third-order valence-corrected chi connectivity index (χ3v) is 6.12.